The third-order valence-electron chi connectivity index (χ3n) is 6.11. The molecule has 3 aromatic rings. The van der Waals surface area contributed by atoms with Gasteiger partial charge in [-0.25, -0.2) is 18.2 Å². The highest BCUT2D eigenvalue weighted by molar-refractivity contribution is 14.1. The van der Waals surface area contributed by atoms with Crippen LogP contribution in [0, 0.1) is 17.5 Å². The normalized spacial score (nSPS) is 18.3. The summed E-state index contributed by atoms with van der Waals surface area (Å²) in [6.07, 6.45) is -5.70. The van der Waals surface area contributed by atoms with Crippen LogP contribution in [0.25, 0.3) is 16.7 Å². The molecule has 0 bridgehead atoms. The average Bonchev–Trinajstić information content (AvgIpc) is 3.19. The van der Waals surface area contributed by atoms with Crippen molar-refractivity contribution < 1.29 is 39.3 Å². The van der Waals surface area contributed by atoms with E-state index in [4.69, 9.17) is 3.07 Å². The van der Waals surface area contributed by atoms with Crippen molar-refractivity contribution in [2.24, 2.45) is 0 Å². The van der Waals surface area contributed by atoms with Crippen molar-refractivity contribution in [3.63, 3.8) is 0 Å². The van der Waals surface area contributed by atoms with Crippen molar-refractivity contribution in [3.8, 4) is 5.69 Å². The van der Waals surface area contributed by atoms with Gasteiger partial charge in [0.05, 0.1) is 5.39 Å². The molecule has 2 N–H and O–H groups in total. The summed E-state index contributed by atoms with van der Waals surface area (Å²) in [4.78, 5) is 31.9. The number of β-amino-alcohol motifs (C(OH)–C–C–N with tert-alkyl or cyclic N) is 1. The largest absolute Gasteiger partial charge is 0.410 e. The Kier molecular flexibility index (Phi) is 7.39. The van der Waals surface area contributed by atoms with Gasteiger partial charge in [-0.05, 0) is 26.0 Å². The molecule has 2 aromatic heterocycles. The molecule has 1 fully saturated rings. The molecule has 8 nitrogen and oxygen atoms in total. The maximum atomic E-state index is 14.8. The SMILES string of the molecule is CC(C)(NC(=O)c1cn(-c2c(F)cc(F)cc2F)c2nc(N3C[C@@H](O)[C@H](OI)C3)ccc2c1=O)C(F)(F)F. The zero-order valence-corrected chi connectivity index (χ0v) is 21.8. The van der Waals surface area contributed by atoms with Crippen LogP contribution < -0.4 is 15.6 Å². The van der Waals surface area contributed by atoms with Crippen LogP contribution in [0.2, 0.25) is 0 Å². The first-order valence-electron chi connectivity index (χ1n) is 11.0. The predicted molar refractivity (Wildman–Crippen MR) is 132 cm³/mol. The monoisotopic (exact) mass is 656 g/mol. The van der Waals surface area contributed by atoms with E-state index in [0.29, 0.717) is 36.7 Å². The molecule has 0 unspecified atom stereocenters. The first-order valence-corrected chi connectivity index (χ1v) is 11.8. The molecule has 204 valence electrons. The van der Waals surface area contributed by atoms with Gasteiger partial charge in [0.2, 0.25) is 5.43 Å². The van der Waals surface area contributed by atoms with Gasteiger partial charge in [0.1, 0.15) is 63.6 Å². The summed E-state index contributed by atoms with van der Waals surface area (Å²) in [6, 6.07) is 3.25. The summed E-state index contributed by atoms with van der Waals surface area (Å²) in [5, 5.41) is 11.5. The van der Waals surface area contributed by atoms with Gasteiger partial charge >= 0.3 is 6.18 Å². The molecule has 15 heteroatoms. The van der Waals surface area contributed by atoms with E-state index in [1.165, 1.54) is 12.1 Å². The second kappa shape index (κ2) is 10.00. The van der Waals surface area contributed by atoms with Crippen LogP contribution in [0.15, 0.2) is 35.3 Å². The van der Waals surface area contributed by atoms with Crippen molar-refractivity contribution in [1.29, 1.82) is 0 Å². The number of carbonyl (C=O) groups excluding carboxylic acids is 1. The Morgan fingerprint density at radius 3 is 2.34 bits per heavy atom. The Bertz CT molecular complexity index is 1460. The number of amides is 1. The minimum absolute atomic E-state index is 0.0721. The number of hydrogen-bond acceptors (Lipinski definition) is 6. The molecule has 1 aliphatic heterocycles. The van der Waals surface area contributed by atoms with Crippen LogP contribution in [0.1, 0.15) is 24.2 Å². The maximum Gasteiger partial charge on any atom is 0.410 e. The number of benzene rings is 1. The number of fused-ring (bicyclic) bond motifs is 1. The fourth-order valence-corrected chi connectivity index (χ4v) is 4.42. The lowest BCUT2D eigenvalue weighted by molar-refractivity contribution is -0.182. The van der Waals surface area contributed by atoms with Crippen molar-refractivity contribution >= 4 is 45.8 Å². The summed E-state index contributed by atoms with van der Waals surface area (Å²) >= 11 is 1.62. The lowest BCUT2D eigenvalue weighted by Crippen LogP contribution is -2.54. The molecule has 0 radical (unpaired) electrons. The van der Waals surface area contributed by atoms with E-state index in [1.807, 2.05) is 0 Å². The van der Waals surface area contributed by atoms with E-state index in [0.717, 1.165) is 0 Å². The van der Waals surface area contributed by atoms with Gasteiger partial charge in [0.25, 0.3) is 5.91 Å². The van der Waals surface area contributed by atoms with Crippen LogP contribution in [0.5, 0.6) is 0 Å². The van der Waals surface area contributed by atoms with E-state index in [2.05, 4.69) is 4.98 Å². The number of nitrogens with one attached hydrogen (secondary N) is 1. The number of aliphatic hydroxyl groups is 1. The number of hydrogen-bond donors (Lipinski definition) is 2. The third kappa shape index (κ3) is 5.05. The quantitative estimate of drug-likeness (QED) is 0.321. The molecule has 3 heterocycles. The predicted octanol–water partition coefficient (Wildman–Crippen LogP) is 3.79. The van der Waals surface area contributed by atoms with Gasteiger partial charge in [0, 0.05) is 31.4 Å². The van der Waals surface area contributed by atoms with Crippen molar-refractivity contribution in [2.75, 3.05) is 18.0 Å². The number of halogens is 7. The molecule has 0 spiro atoms. The number of aromatic nitrogens is 2. The Hall–Kier alpha value is -2.92. The zero-order valence-electron chi connectivity index (χ0n) is 19.6. The first-order chi connectivity index (χ1) is 17.6. The van der Waals surface area contributed by atoms with Gasteiger partial charge in [-0.3, -0.25) is 14.2 Å². The summed E-state index contributed by atoms with van der Waals surface area (Å²) in [6.45, 7) is 1.60. The first kappa shape index (κ1) is 28.1. The van der Waals surface area contributed by atoms with Crippen molar-refractivity contribution in [2.45, 2.75) is 37.8 Å². The summed E-state index contributed by atoms with van der Waals surface area (Å²) in [7, 11) is 0. The van der Waals surface area contributed by atoms with E-state index >= 15 is 0 Å². The van der Waals surface area contributed by atoms with Crippen molar-refractivity contribution in [3.05, 3.63) is 63.7 Å². The molecule has 1 aromatic carbocycles. The number of rotatable bonds is 5. The lowest BCUT2D eigenvalue weighted by atomic mass is 10.0. The maximum absolute atomic E-state index is 14.8. The Labute approximate surface area is 224 Å². The van der Waals surface area contributed by atoms with Crippen LogP contribution in [0.3, 0.4) is 0 Å². The number of nitrogens with zero attached hydrogens (tertiary/aromatic N) is 3. The number of aliphatic hydroxyl groups excluding tert-OH is 1. The van der Waals surface area contributed by atoms with Crippen LogP contribution >= 0.6 is 23.0 Å². The topological polar surface area (TPSA) is 96.7 Å². The molecule has 1 saturated heterocycles. The van der Waals surface area contributed by atoms with Gasteiger partial charge < -0.3 is 18.4 Å². The van der Waals surface area contributed by atoms with E-state index in [1.54, 1.807) is 33.2 Å². The minimum atomic E-state index is -4.88. The standard InChI is InChI=1S/C23H19F6IN4O4/c1-22(2,23(27,28)29)32-21(37)12-7-34(18-13(25)5-10(24)6-14(18)26)20-11(19(12)36)3-4-17(31-20)33-8-15(35)16(9-33)38-30/h3-7,15-16,35H,8-9H2,1-2H3,(H,32,37)/t15-,16-/m1/s1. The van der Waals surface area contributed by atoms with Gasteiger partial charge in [-0.2, -0.15) is 13.2 Å². The number of anilines is 1. The molecular weight excluding hydrogens is 637 g/mol. The van der Waals surface area contributed by atoms with Crippen LogP contribution in [-0.4, -0.2) is 57.6 Å². The summed E-state index contributed by atoms with van der Waals surface area (Å²) < 4.78 is 89.1. The Morgan fingerprint density at radius 2 is 1.79 bits per heavy atom. The number of pyridine rings is 2. The Morgan fingerprint density at radius 1 is 1.16 bits per heavy atom. The minimum Gasteiger partial charge on any atom is -0.388 e. The molecule has 0 saturated carbocycles. The number of carbonyl (C=O) groups is 1. The summed E-state index contributed by atoms with van der Waals surface area (Å²) in [5.41, 5.74) is -5.94. The second-order valence-corrected chi connectivity index (χ2v) is 9.69. The smallest absolute Gasteiger partial charge is 0.388 e. The molecule has 4 rings (SSSR count). The third-order valence-corrected chi connectivity index (χ3v) is 6.77. The molecule has 1 amide bonds. The highest BCUT2D eigenvalue weighted by atomic mass is 127. The molecule has 1 aliphatic rings. The van der Waals surface area contributed by atoms with E-state index in [-0.39, 0.29) is 29.9 Å². The Balaban J connectivity index is 1.94. The van der Waals surface area contributed by atoms with Crippen molar-refractivity contribution in [1.82, 2.24) is 14.9 Å². The number of alkyl halides is 3. The van der Waals surface area contributed by atoms with Gasteiger partial charge in [-0.15, -0.1) is 0 Å². The van der Waals surface area contributed by atoms with Gasteiger partial charge in [-0.1, -0.05) is 0 Å². The van der Waals surface area contributed by atoms with E-state index in [9.17, 15) is 41.0 Å². The zero-order chi connectivity index (χ0) is 28.2. The molecular formula is C23H19F6IN4O4. The van der Waals surface area contributed by atoms with E-state index < -0.39 is 64.0 Å². The van der Waals surface area contributed by atoms with Crippen LogP contribution in [-0.2, 0) is 3.07 Å². The second-order valence-electron chi connectivity index (χ2n) is 9.18. The summed E-state index contributed by atoms with van der Waals surface area (Å²) in [5.74, 6) is -5.37. The molecule has 0 aliphatic carbocycles. The lowest BCUT2D eigenvalue weighted by Gasteiger charge is -2.29. The molecule has 38 heavy (non-hydrogen) atoms. The van der Waals surface area contributed by atoms with Crippen LogP contribution in [0.4, 0.5) is 32.2 Å². The highest BCUT2D eigenvalue weighted by Gasteiger charge is 2.48. The highest BCUT2D eigenvalue weighted by Crippen LogP contribution is 2.30. The average molecular weight is 656 g/mol. The molecule has 2 atom stereocenters. The fourth-order valence-electron chi connectivity index (χ4n) is 3.92. The van der Waals surface area contributed by atoms with Gasteiger partial charge in [0.15, 0.2) is 17.3 Å². The fraction of sp³-hybridized carbons (Fsp3) is 0.348.